The van der Waals surface area contributed by atoms with Gasteiger partial charge in [-0.1, -0.05) is 155 Å². The van der Waals surface area contributed by atoms with E-state index in [1.807, 2.05) is 118 Å². The van der Waals surface area contributed by atoms with Gasteiger partial charge in [-0.2, -0.15) is 41.7 Å². The monoisotopic (exact) mass is 1610 g/mol. The largest absolute Gasteiger partial charge is 0.495 e. The van der Waals surface area contributed by atoms with Gasteiger partial charge in [0.15, 0.2) is 31.2 Å². The van der Waals surface area contributed by atoms with Crippen molar-refractivity contribution in [1.29, 1.82) is 31.6 Å². The minimum atomic E-state index is -3.43. The summed E-state index contributed by atoms with van der Waals surface area (Å²) in [5.41, 5.74) is 8.50. The molecule has 606 valence electrons. The molecule has 1 saturated heterocycles. The highest BCUT2D eigenvalue weighted by atomic mass is 32.2. The molecule has 0 atom stereocenters. The van der Waals surface area contributed by atoms with Gasteiger partial charge in [0.25, 0.3) is 5.91 Å². The summed E-state index contributed by atoms with van der Waals surface area (Å²) in [6.45, 7) is 13.2. The molecule has 0 bridgehead atoms. The number of para-hydroxylation sites is 4. The fourth-order valence-electron chi connectivity index (χ4n) is 7.95. The van der Waals surface area contributed by atoms with Crippen LogP contribution in [-0.4, -0.2) is 137 Å². The van der Waals surface area contributed by atoms with Gasteiger partial charge in [-0.05, 0) is 86.3 Å². The second-order valence-corrected chi connectivity index (χ2v) is 29.0. The van der Waals surface area contributed by atoms with Crippen molar-refractivity contribution in [1.82, 2.24) is 21.1 Å². The molecule has 0 radical (unpaired) electrons. The van der Waals surface area contributed by atoms with Crippen LogP contribution in [0.4, 0.5) is 17.1 Å². The zero-order chi connectivity index (χ0) is 87.4. The number of ketones is 5. The summed E-state index contributed by atoms with van der Waals surface area (Å²) in [5.74, 6) is -1.03. The average molecular weight is 1610 g/mol. The molecule has 2 fully saturated rings. The van der Waals surface area contributed by atoms with Crippen molar-refractivity contribution in [3.05, 3.63) is 193 Å². The maximum Gasteiger partial charge on any atom is 0.255 e. The number of Topliss-reactive ketones (excluding diaryl/α,β-unsaturated/α-hetero) is 5. The Labute approximate surface area is 671 Å². The van der Waals surface area contributed by atoms with Crippen molar-refractivity contribution in [2.24, 2.45) is 10.5 Å². The summed E-state index contributed by atoms with van der Waals surface area (Å²) >= 11 is 0. The van der Waals surface area contributed by atoms with Gasteiger partial charge in [-0.15, -0.1) is 0 Å². The van der Waals surface area contributed by atoms with Crippen molar-refractivity contribution in [2.75, 3.05) is 54.6 Å². The van der Waals surface area contributed by atoms with Gasteiger partial charge in [0.05, 0.1) is 91.9 Å². The predicted octanol–water partition coefficient (Wildman–Crippen LogP) is 9.98. The van der Waals surface area contributed by atoms with Gasteiger partial charge in [0.1, 0.15) is 59.7 Å². The molecular formula is C82H94N14O17S2. The summed E-state index contributed by atoms with van der Waals surface area (Å²) in [6.07, 6.45) is 7.04. The van der Waals surface area contributed by atoms with Crippen LogP contribution < -0.4 is 36.5 Å². The molecule has 2 heterocycles. The lowest BCUT2D eigenvalue weighted by Crippen LogP contribution is -2.28. The average Bonchev–Trinajstić information content (AvgIpc) is 1.74. The van der Waals surface area contributed by atoms with Crippen LogP contribution in [0, 0.1) is 73.4 Å². The summed E-state index contributed by atoms with van der Waals surface area (Å²) < 4.78 is 47.8. The van der Waals surface area contributed by atoms with Crippen LogP contribution in [-0.2, 0) is 78.8 Å². The van der Waals surface area contributed by atoms with Crippen LogP contribution in [0.25, 0.3) is 6.08 Å². The number of amidine groups is 1. The van der Waals surface area contributed by atoms with Crippen LogP contribution in [0.2, 0.25) is 0 Å². The third kappa shape index (κ3) is 52.7. The van der Waals surface area contributed by atoms with Gasteiger partial charge < -0.3 is 25.6 Å². The van der Waals surface area contributed by atoms with Crippen LogP contribution in [0.5, 0.6) is 5.75 Å². The van der Waals surface area contributed by atoms with Gasteiger partial charge in [-0.3, -0.25) is 68.4 Å². The Kier molecular flexibility index (Phi) is 52.8. The van der Waals surface area contributed by atoms with Crippen LogP contribution in [0.15, 0.2) is 186 Å². The molecule has 6 aromatic rings. The van der Waals surface area contributed by atoms with E-state index < -0.39 is 25.4 Å². The van der Waals surface area contributed by atoms with E-state index in [4.69, 9.17) is 36.3 Å². The minimum Gasteiger partial charge on any atom is -0.495 e. The number of anilines is 3. The van der Waals surface area contributed by atoms with E-state index in [0.717, 1.165) is 48.8 Å². The number of hydrogen-bond donors (Lipinski definition) is 5. The van der Waals surface area contributed by atoms with Crippen LogP contribution in [0.1, 0.15) is 134 Å². The topological polar surface area (TPSA) is 504 Å². The van der Waals surface area contributed by atoms with E-state index in [2.05, 4.69) is 38.5 Å². The first-order valence-electron chi connectivity index (χ1n) is 34.6. The summed E-state index contributed by atoms with van der Waals surface area (Å²) in [5, 5.41) is 62.0. The molecule has 2 aliphatic heterocycles. The maximum absolute atomic E-state index is 11.7. The van der Waals surface area contributed by atoms with Crippen molar-refractivity contribution >= 4 is 119 Å². The normalized spacial score (nSPS) is 11.4. The van der Waals surface area contributed by atoms with E-state index in [9.17, 15) is 74.4 Å². The number of ether oxygens (including phenoxy) is 1. The van der Waals surface area contributed by atoms with Crippen molar-refractivity contribution < 1.29 is 79.1 Å². The van der Waals surface area contributed by atoms with Crippen molar-refractivity contribution in [3.63, 3.8) is 0 Å². The van der Waals surface area contributed by atoms with E-state index in [1.165, 1.54) is 56.0 Å². The van der Waals surface area contributed by atoms with Crippen molar-refractivity contribution in [3.8, 4) is 42.2 Å². The Morgan fingerprint density at radius 1 is 0.583 bits per heavy atom. The number of nitrogens with zero attached hydrogens (tertiary/aromatic N) is 9. The summed E-state index contributed by atoms with van der Waals surface area (Å²) in [7, 11) is -1.69. The number of benzene rings is 6. The van der Waals surface area contributed by atoms with Gasteiger partial charge in [0, 0.05) is 56.8 Å². The second-order valence-electron chi connectivity index (χ2n) is 24.9. The number of nitrogens with one attached hydrogen (secondary N) is 5. The molecule has 7 amide bonds. The molecule has 6 aromatic carbocycles. The lowest BCUT2D eigenvalue weighted by atomic mass is 9.89. The Morgan fingerprint density at radius 2 is 1.06 bits per heavy atom. The standard InChI is InChI=1S/C14H13NO.C11H11N3O2.C10H10N2O2.C10H9NO2S.C9H7NO.C7H11NO.C5H8N2O.C5H8O2.C5H8O.C3H4N2O2.C3H5NO2S/c16-14(11-12-7-3-1-4-8-12)15-13-9-5-2-6-10-13;1-8(15)12-10-7-11(16)14(13-10)9-5-3-2-4-6-9;1-14-9-5-3-2-4-8(9)12-10(13)6-7-11;1-2-9-3-5-10(6-4-9)14(12,13)8-7-11;10-7-6-9(11)8-4-2-1-3-5-8;1-7(2,3)6(9)4-5-8;1-7(2)5(8)3-4-6;1-4(6)3-5(2)7;6-5-3-1-2-4-5;6-2-1-3(7)5-4-2;1-7(5,6)3-2-4/h1-10H,11H2,(H,15,16);2-6H,7H2,1H3,(H,12,13,15);2-5H,6H2,1H3,(H,12,13);2-6H,1,8H2;1-5H,6H2;4H2,1-3H3;3H2,1-2H3;3H2,1-2H3;1-4H2;1H2,(H,4,6)(H,5,7);3H2,1H3. The molecule has 0 aromatic heterocycles. The third-order valence-electron chi connectivity index (χ3n) is 13.5. The van der Waals surface area contributed by atoms with Crippen LogP contribution in [0.3, 0.4) is 0 Å². The molecule has 1 saturated carbocycles. The smallest absolute Gasteiger partial charge is 0.255 e. The number of nitriles is 6. The predicted molar refractivity (Wildman–Crippen MR) is 431 cm³/mol. The number of sulfone groups is 2. The zero-order valence-electron chi connectivity index (χ0n) is 65.6. The molecule has 5 N–H and O–H groups in total. The Morgan fingerprint density at radius 3 is 1.43 bits per heavy atom. The lowest BCUT2D eigenvalue weighted by Gasteiger charge is -2.13. The number of hydrogen-bond acceptors (Lipinski definition) is 24. The molecule has 3 aliphatic rings. The summed E-state index contributed by atoms with van der Waals surface area (Å²) in [6, 6.07) is 60.7. The van der Waals surface area contributed by atoms with Gasteiger partial charge >= 0.3 is 0 Å². The minimum absolute atomic E-state index is 0.00463. The number of carbonyl (C=O) groups is 12. The van der Waals surface area contributed by atoms with Gasteiger partial charge in [0.2, 0.25) is 35.4 Å². The number of hydrazine groups is 1. The van der Waals surface area contributed by atoms with Crippen molar-refractivity contribution in [2.45, 2.75) is 123 Å². The fraction of sp³-hybridized carbons (Fsp3) is 0.305. The first-order chi connectivity index (χ1) is 54.3. The van der Waals surface area contributed by atoms with Crippen LogP contribution >= 0.6 is 0 Å². The number of rotatable bonds is 17. The molecule has 1 aliphatic carbocycles. The van der Waals surface area contributed by atoms with Gasteiger partial charge in [-0.25, -0.2) is 16.8 Å². The maximum atomic E-state index is 11.7. The molecule has 31 nitrogen and oxygen atoms in total. The third-order valence-corrected chi connectivity index (χ3v) is 15.7. The first kappa shape index (κ1) is 103. The van der Waals surface area contributed by atoms with E-state index in [-0.39, 0.29) is 125 Å². The second kappa shape index (κ2) is 58.9. The highest BCUT2D eigenvalue weighted by Gasteiger charge is 2.26. The number of methoxy groups -OCH3 is 1. The zero-order valence-corrected chi connectivity index (χ0v) is 67.3. The number of hydrazone groups is 1. The SMILES string of the molecule is C=Cc1ccc(S(=O)(=O)CC#N)cc1.CC(=O)CC(C)=O.CC(=O)NC1=NN(c2ccccc2)C(=O)C1.CC(C)(C)C(=O)CC#N.CN(C)C(=O)CC#N.COc1ccccc1NC(=O)CC#N.CS(=O)(=O)CC#N.N#CCC(=O)c1ccccc1.O=C(Cc1ccccc1)Nc1ccccc1.O=C1CC(=O)NN1.O=C1CCCC1. The van der Waals surface area contributed by atoms with E-state index in [1.54, 1.807) is 111 Å². The highest BCUT2D eigenvalue weighted by molar-refractivity contribution is 7.91. The quantitative estimate of drug-likeness (QED) is 0.0418. The molecule has 0 spiro atoms. The Bertz CT molecular complexity index is 4650. The Balaban J connectivity index is 0. The molecule has 0 unspecified atom stereocenters. The molecular weight excluding hydrogens is 1520 g/mol. The molecule has 9 rings (SSSR count). The summed E-state index contributed by atoms with van der Waals surface area (Å²) in [4.78, 5) is 130. The molecule has 115 heavy (non-hydrogen) atoms. The highest BCUT2D eigenvalue weighted by Crippen LogP contribution is 2.23. The molecule has 33 heteroatoms. The number of amides is 7. The first-order valence-corrected chi connectivity index (χ1v) is 38.3. The fourth-order valence-corrected chi connectivity index (χ4v) is 9.07. The lowest BCUT2D eigenvalue weighted by molar-refractivity contribution is -0.128. The van der Waals surface area contributed by atoms with E-state index in [0.29, 0.717) is 40.7 Å². The van der Waals surface area contributed by atoms with E-state index >= 15 is 0 Å². The number of carbonyl (C=O) groups excluding carboxylic acids is 12. The Hall–Kier alpha value is -14.0.